The van der Waals surface area contributed by atoms with E-state index in [2.05, 4.69) is 16.4 Å². The zero-order chi connectivity index (χ0) is 20.3. The number of pyridine rings is 1. The lowest BCUT2D eigenvalue weighted by Gasteiger charge is -2.16. The summed E-state index contributed by atoms with van der Waals surface area (Å²) in [6.07, 6.45) is 1.43. The number of rotatable bonds is 5. The molecule has 0 bridgehead atoms. The SMILES string of the molecule is CCOC(=O)c1cnc2c(C(=O)OC)cccc2c1Nc1ccc(C)cc1C. The maximum absolute atomic E-state index is 12.5. The number of methoxy groups -OCH3 is 1. The number of carbonyl (C=O) groups is 2. The van der Waals surface area contributed by atoms with Crippen LogP contribution in [0.4, 0.5) is 11.4 Å². The summed E-state index contributed by atoms with van der Waals surface area (Å²) >= 11 is 0. The summed E-state index contributed by atoms with van der Waals surface area (Å²) < 4.78 is 10.1. The molecule has 1 N–H and O–H groups in total. The highest BCUT2D eigenvalue weighted by Crippen LogP contribution is 2.32. The molecule has 0 spiro atoms. The second kappa shape index (κ2) is 8.08. The third kappa shape index (κ3) is 3.67. The molecule has 2 aromatic carbocycles. The third-order valence-electron chi connectivity index (χ3n) is 4.44. The molecular weight excluding hydrogens is 356 g/mol. The molecule has 1 aromatic heterocycles. The number of carbonyl (C=O) groups excluding carboxylic acids is 2. The van der Waals surface area contributed by atoms with Crippen molar-refractivity contribution in [1.82, 2.24) is 4.98 Å². The Labute approximate surface area is 163 Å². The standard InChI is InChI=1S/C22H22N2O4/c1-5-28-22(26)17-12-23-19-15(7-6-8-16(19)21(25)27-4)20(17)24-18-10-9-13(2)11-14(18)3/h6-12H,5H2,1-4H3,(H,23,24). The second-order valence-corrected chi connectivity index (χ2v) is 6.40. The van der Waals surface area contributed by atoms with E-state index in [1.807, 2.05) is 32.0 Å². The van der Waals surface area contributed by atoms with Crippen molar-refractivity contribution in [3.8, 4) is 0 Å². The Kier molecular flexibility index (Phi) is 5.59. The van der Waals surface area contributed by atoms with E-state index in [-0.39, 0.29) is 6.61 Å². The molecule has 144 valence electrons. The molecular formula is C22H22N2O4. The number of nitrogens with one attached hydrogen (secondary N) is 1. The lowest BCUT2D eigenvalue weighted by molar-refractivity contribution is 0.0526. The second-order valence-electron chi connectivity index (χ2n) is 6.40. The first-order chi connectivity index (χ1) is 13.5. The quantitative estimate of drug-likeness (QED) is 0.656. The van der Waals surface area contributed by atoms with Crippen LogP contribution in [0.1, 0.15) is 38.8 Å². The molecule has 0 saturated carbocycles. The van der Waals surface area contributed by atoms with Gasteiger partial charge in [-0.15, -0.1) is 0 Å². The van der Waals surface area contributed by atoms with Crippen molar-refractivity contribution < 1.29 is 19.1 Å². The zero-order valence-corrected chi connectivity index (χ0v) is 16.3. The average Bonchev–Trinajstić information content (AvgIpc) is 2.69. The number of aromatic nitrogens is 1. The smallest absolute Gasteiger partial charge is 0.341 e. The molecule has 1 heterocycles. The largest absolute Gasteiger partial charge is 0.465 e. The predicted molar refractivity (Wildman–Crippen MR) is 108 cm³/mol. The van der Waals surface area contributed by atoms with E-state index in [9.17, 15) is 9.59 Å². The van der Waals surface area contributed by atoms with Crippen LogP contribution in [-0.2, 0) is 9.47 Å². The van der Waals surface area contributed by atoms with Gasteiger partial charge in [0.2, 0.25) is 0 Å². The number of nitrogens with zero attached hydrogens (tertiary/aromatic N) is 1. The van der Waals surface area contributed by atoms with Crippen molar-refractivity contribution >= 4 is 34.2 Å². The Morgan fingerprint density at radius 3 is 2.54 bits per heavy atom. The maximum atomic E-state index is 12.5. The number of hydrogen-bond acceptors (Lipinski definition) is 6. The summed E-state index contributed by atoms with van der Waals surface area (Å²) in [5.74, 6) is -0.966. The van der Waals surface area contributed by atoms with Gasteiger partial charge in [-0.05, 0) is 38.5 Å². The van der Waals surface area contributed by atoms with Gasteiger partial charge < -0.3 is 14.8 Å². The molecule has 0 radical (unpaired) electrons. The summed E-state index contributed by atoms with van der Waals surface area (Å²) in [6, 6.07) is 11.2. The van der Waals surface area contributed by atoms with Gasteiger partial charge in [0, 0.05) is 17.3 Å². The van der Waals surface area contributed by atoms with Gasteiger partial charge in [0.25, 0.3) is 0 Å². The Balaban J connectivity index is 2.24. The highest BCUT2D eigenvalue weighted by Gasteiger charge is 2.20. The van der Waals surface area contributed by atoms with Gasteiger partial charge in [-0.25, -0.2) is 9.59 Å². The number of benzene rings is 2. The molecule has 0 fully saturated rings. The van der Waals surface area contributed by atoms with Crippen LogP contribution in [0.2, 0.25) is 0 Å². The van der Waals surface area contributed by atoms with Crippen LogP contribution in [0.3, 0.4) is 0 Å². The number of esters is 2. The van der Waals surface area contributed by atoms with Gasteiger partial charge >= 0.3 is 11.9 Å². The number of hydrogen-bond donors (Lipinski definition) is 1. The minimum Gasteiger partial charge on any atom is -0.465 e. The highest BCUT2D eigenvalue weighted by molar-refractivity contribution is 6.11. The van der Waals surface area contributed by atoms with Crippen molar-refractivity contribution in [3.63, 3.8) is 0 Å². The molecule has 6 heteroatoms. The van der Waals surface area contributed by atoms with Gasteiger partial charge in [-0.3, -0.25) is 4.98 Å². The number of aryl methyl sites for hydroxylation is 2. The third-order valence-corrected chi connectivity index (χ3v) is 4.44. The molecule has 3 rings (SSSR count). The monoisotopic (exact) mass is 378 g/mol. The van der Waals surface area contributed by atoms with Gasteiger partial charge in [0.05, 0.1) is 30.5 Å². The molecule has 0 unspecified atom stereocenters. The van der Waals surface area contributed by atoms with Crippen molar-refractivity contribution in [1.29, 1.82) is 0 Å². The van der Waals surface area contributed by atoms with Crippen LogP contribution in [-0.4, -0.2) is 30.6 Å². The van der Waals surface area contributed by atoms with E-state index in [0.29, 0.717) is 27.7 Å². The van der Waals surface area contributed by atoms with Gasteiger partial charge in [0.1, 0.15) is 5.56 Å². The van der Waals surface area contributed by atoms with Crippen molar-refractivity contribution in [2.24, 2.45) is 0 Å². The Bertz CT molecular complexity index is 1060. The summed E-state index contributed by atoms with van der Waals surface area (Å²) in [5.41, 5.74) is 4.66. The fourth-order valence-electron chi connectivity index (χ4n) is 3.08. The van der Waals surface area contributed by atoms with Crippen molar-refractivity contribution in [2.75, 3.05) is 19.0 Å². The number of fused-ring (bicyclic) bond motifs is 1. The van der Waals surface area contributed by atoms with E-state index >= 15 is 0 Å². The molecule has 0 aliphatic rings. The molecule has 6 nitrogen and oxygen atoms in total. The van der Waals surface area contributed by atoms with E-state index in [1.165, 1.54) is 13.3 Å². The first kappa shape index (κ1) is 19.4. The molecule has 0 amide bonds. The number of anilines is 2. The summed E-state index contributed by atoms with van der Waals surface area (Å²) in [5, 5.41) is 3.97. The van der Waals surface area contributed by atoms with E-state index in [1.54, 1.807) is 19.1 Å². The van der Waals surface area contributed by atoms with E-state index in [4.69, 9.17) is 9.47 Å². The minimum absolute atomic E-state index is 0.252. The minimum atomic E-state index is -0.487. The number of ether oxygens (including phenoxy) is 2. The Hall–Kier alpha value is -3.41. The van der Waals surface area contributed by atoms with E-state index in [0.717, 1.165) is 16.8 Å². The lowest BCUT2D eigenvalue weighted by atomic mass is 10.0. The van der Waals surface area contributed by atoms with Crippen molar-refractivity contribution in [2.45, 2.75) is 20.8 Å². The van der Waals surface area contributed by atoms with Crippen LogP contribution in [0, 0.1) is 13.8 Å². The fraction of sp³-hybridized carbons (Fsp3) is 0.227. The van der Waals surface area contributed by atoms with Crippen LogP contribution in [0.15, 0.2) is 42.6 Å². The average molecular weight is 378 g/mol. The molecule has 0 saturated heterocycles. The highest BCUT2D eigenvalue weighted by atomic mass is 16.5. The zero-order valence-electron chi connectivity index (χ0n) is 16.3. The fourth-order valence-corrected chi connectivity index (χ4v) is 3.08. The van der Waals surface area contributed by atoms with Gasteiger partial charge in [-0.2, -0.15) is 0 Å². The normalized spacial score (nSPS) is 10.6. The van der Waals surface area contributed by atoms with Crippen LogP contribution in [0.5, 0.6) is 0 Å². The maximum Gasteiger partial charge on any atom is 0.341 e. The van der Waals surface area contributed by atoms with Crippen LogP contribution >= 0.6 is 0 Å². The molecule has 28 heavy (non-hydrogen) atoms. The van der Waals surface area contributed by atoms with Crippen LogP contribution < -0.4 is 5.32 Å². The number of para-hydroxylation sites is 1. The molecule has 3 aromatic rings. The predicted octanol–water partition coefficient (Wildman–Crippen LogP) is 4.56. The Morgan fingerprint density at radius 2 is 1.86 bits per heavy atom. The summed E-state index contributed by atoms with van der Waals surface area (Å²) in [6.45, 7) is 6.01. The van der Waals surface area contributed by atoms with Gasteiger partial charge in [-0.1, -0.05) is 29.8 Å². The van der Waals surface area contributed by atoms with Gasteiger partial charge in [0.15, 0.2) is 0 Å². The first-order valence-electron chi connectivity index (χ1n) is 8.97. The Morgan fingerprint density at radius 1 is 1.07 bits per heavy atom. The van der Waals surface area contributed by atoms with Crippen molar-refractivity contribution in [3.05, 3.63) is 64.8 Å². The molecule has 0 aliphatic heterocycles. The topological polar surface area (TPSA) is 77.5 Å². The van der Waals surface area contributed by atoms with E-state index < -0.39 is 11.9 Å². The molecule has 0 aliphatic carbocycles. The molecule has 0 atom stereocenters. The lowest BCUT2D eigenvalue weighted by Crippen LogP contribution is -2.11. The first-order valence-corrected chi connectivity index (χ1v) is 8.97. The summed E-state index contributed by atoms with van der Waals surface area (Å²) in [4.78, 5) is 29.0. The van der Waals surface area contributed by atoms with Crippen LogP contribution in [0.25, 0.3) is 10.9 Å². The summed E-state index contributed by atoms with van der Waals surface area (Å²) in [7, 11) is 1.32.